The molecule has 0 spiro atoms. The van der Waals surface area contributed by atoms with Crippen LogP contribution in [-0.2, 0) is 4.79 Å². The smallest absolute Gasteiger partial charge is 0.287 e. The van der Waals surface area contributed by atoms with Gasteiger partial charge in [-0.15, -0.1) is 0 Å². The summed E-state index contributed by atoms with van der Waals surface area (Å²) in [6, 6.07) is 8.02. The number of carbonyl (C=O) groups is 2. The fraction of sp³-hybridized carbons (Fsp3) is 0.143. The molecule has 0 aliphatic rings. The summed E-state index contributed by atoms with van der Waals surface area (Å²) < 4.78 is 18.3. The van der Waals surface area contributed by atoms with Gasteiger partial charge in [0.2, 0.25) is 5.91 Å². The van der Waals surface area contributed by atoms with Crippen LogP contribution in [0, 0.1) is 5.82 Å². The topological polar surface area (TPSA) is 71.3 Å². The van der Waals surface area contributed by atoms with Crippen molar-refractivity contribution in [1.82, 2.24) is 5.32 Å². The lowest BCUT2D eigenvalue weighted by molar-refractivity contribution is -0.117. The van der Waals surface area contributed by atoms with Crippen molar-refractivity contribution in [3.05, 3.63) is 54.2 Å². The summed E-state index contributed by atoms with van der Waals surface area (Å²) in [5.41, 5.74) is 0.0663. The van der Waals surface area contributed by atoms with Gasteiger partial charge in [0.15, 0.2) is 5.76 Å². The van der Waals surface area contributed by atoms with E-state index in [-0.39, 0.29) is 11.4 Å². The Kier molecular flexibility index (Phi) is 4.14. The zero-order valence-corrected chi connectivity index (χ0v) is 10.7. The monoisotopic (exact) mass is 276 g/mol. The van der Waals surface area contributed by atoms with Gasteiger partial charge in [-0.3, -0.25) is 9.59 Å². The molecule has 0 saturated heterocycles. The number of hydrogen-bond acceptors (Lipinski definition) is 3. The Labute approximate surface area is 114 Å². The molecular weight excluding hydrogens is 263 g/mol. The lowest BCUT2D eigenvalue weighted by Crippen LogP contribution is -2.41. The molecule has 1 aromatic carbocycles. The molecule has 20 heavy (non-hydrogen) atoms. The Bertz CT molecular complexity index is 611. The molecule has 1 unspecified atom stereocenters. The summed E-state index contributed by atoms with van der Waals surface area (Å²) in [5.74, 6) is -1.46. The van der Waals surface area contributed by atoms with Gasteiger partial charge in [-0.1, -0.05) is 12.1 Å². The molecule has 0 aliphatic carbocycles. The number of nitrogens with one attached hydrogen (secondary N) is 2. The van der Waals surface area contributed by atoms with E-state index >= 15 is 0 Å². The van der Waals surface area contributed by atoms with Crippen LogP contribution in [0.5, 0.6) is 0 Å². The second-order valence-electron chi connectivity index (χ2n) is 4.14. The second kappa shape index (κ2) is 6.01. The molecule has 0 saturated carbocycles. The van der Waals surface area contributed by atoms with E-state index in [0.717, 1.165) is 0 Å². The van der Waals surface area contributed by atoms with Crippen LogP contribution < -0.4 is 10.6 Å². The fourth-order valence-electron chi connectivity index (χ4n) is 1.54. The molecule has 0 fully saturated rings. The van der Waals surface area contributed by atoms with Crippen LogP contribution in [0.1, 0.15) is 17.5 Å². The van der Waals surface area contributed by atoms with E-state index in [0.29, 0.717) is 0 Å². The van der Waals surface area contributed by atoms with Gasteiger partial charge in [0.1, 0.15) is 11.9 Å². The number of furan rings is 1. The number of rotatable bonds is 4. The van der Waals surface area contributed by atoms with Gasteiger partial charge in [-0.05, 0) is 31.2 Å². The minimum absolute atomic E-state index is 0.0663. The maximum Gasteiger partial charge on any atom is 0.287 e. The van der Waals surface area contributed by atoms with Gasteiger partial charge in [-0.25, -0.2) is 4.39 Å². The molecule has 2 rings (SSSR count). The van der Waals surface area contributed by atoms with Crippen LogP contribution in [0.25, 0.3) is 0 Å². The molecule has 0 bridgehead atoms. The maximum atomic E-state index is 13.4. The van der Waals surface area contributed by atoms with E-state index in [1.54, 1.807) is 12.1 Å². The van der Waals surface area contributed by atoms with Crippen LogP contribution in [-0.4, -0.2) is 17.9 Å². The number of amides is 2. The number of para-hydroxylation sites is 1. The summed E-state index contributed by atoms with van der Waals surface area (Å²) in [6.07, 6.45) is 1.36. The summed E-state index contributed by atoms with van der Waals surface area (Å²) in [6.45, 7) is 1.50. The third kappa shape index (κ3) is 3.23. The van der Waals surface area contributed by atoms with Gasteiger partial charge < -0.3 is 15.1 Å². The molecule has 5 nitrogen and oxygen atoms in total. The van der Waals surface area contributed by atoms with Crippen molar-refractivity contribution < 1.29 is 18.4 Å². The van der Waals surface area contributed by atoms with Crippen molar-refractivity contribution >= 4 is 17.5 Å². The predicted molar refractivity (Wildman–Crippen MR) is 70.7 cm³/mol. The summed E-state index contributed by atoms with van der Waals surface area (Å²) >= 11 is 0. The maximum absolute atomic E-state index is 13.4. The van der Waals surface area contributed by atoms with E-state index < -0.39 is 23.7 Å². The first-order valence-electron chi connectivity index (χ1n) is 5.97. The highest BCUT2D eigenvalue weighted by atomic mass is 19.1. The number of carbonyl (C=O) groups excluding carboxylic acids is 2. The van der Waals surface area contributed by atoms with Crippen molar-refractivity contribution in [2.75, 3.05) is 5.32 Å². The quantitative estimate of drug-likeness (QED) is 0.899. The van der Waals surface area contributed by atoms with Crippen molar-refractivity contribution in [2.45, 2.75) is 13.0 Å². The summed E-state index contributed by atoms with van der Waals surface area (Å²) in [4.78, 5) is 23.5. The minimum atomic E-state index is -0.827. The average Bonchev–Trinajstić information content (AvgIpc) is 2.95. The van der Waals surface area contributed by atoms with Crippen LogP contribution in [0.2, 0.25) is 0 Å². The van der Waals surface area contributed by atoms with Crippen molar-refractivity contribution in [3.63, 3.8) is 0 Å². The lowest BCUT2D eigenvalue weighted by Gasteiger charge is -2.13. The SMILES string of the molecule is CC(NC(=O)c1ccco1)C(=O)Nc1ccccc1F. The van der Waals surface area contributed by atoms with Crippen LogP contribution in [0.4, 0.5) is 10.1 Å². The zero-order chi connectivity index (χ0) is 14.5. The minimum Gasteiger partial charge on any atom is -0.459 e. The van der Waals surface area contributed by atoms with Gasteiger partial charge >= 0.3 is 0 Å². The first-order valence-corrected chi connectivity index (χ1v) is 5.97. The van der Waals surface area contributed by atoms with Crippen LogP contribution in [0.15, 0.2) is 47.1 Å². The number of benzene rings is 1. The van der Waals surface area contributed by atoms with Crippen LogP contribution >= 0.6 is 0 Å². The third-order valence-corrected chi connectivity index (χ3v) is 2.62. The van der Waals surface area contributed by atoms with E-state index in [1.807, 2.05) is 0 Å². The molecule has 2 aromatic rings. The van der Waals surface area contributed by atoms with Gasteiger partial charge in [-0.2, -0.15) is 0 Å². The third-order valence-electron chi connectivity index (χ3n) is 2.62. The molecule has 1 atom stereocenters. The Morgan fingerprint density at radius 1 is 1.20 bits per heavy atom. The molecule has 2 N–H and O–H groups in total. The highest BCUT2D eigenvalue weighted by Gasteiger charge is 2.18. The highest BCUT2D eigenvalue weighted by molar-refractivity contribution is 5.99. The van der Waals surface area contributed by atoms with Gasteiger partial charge in [0, 0.05) is 0 Å². The zero-order valence-electron chi connectivity index (χ0n) is 10.7. The second-order valence-corrected chi connectivity index (χ2v) is 4.14. The summed E-state index contributed by atoms with van der Waals surface area (Å²) in [5, 5.41) is 4.86. The van der Waals surface area contributed by atoms with Crippen molar-refractivity contribution in [3.8, 4) is 0 Å². The Morgan fingerprint density at radius 3 is 2.60 bits per heavy atom. The summed E-state index contributed by atoms with van der Waals surface area (Å²) in [7, 11) is 0. The number of anilines is 1. The number of hydrogen-bond donors (Lipinski definition) is 2. The first-order chi connectivity index (χ1) is 9.58. The Hall–Kier alpha value is -2.63. The number of halogens is 1. The predicted octanol–water partition coefficient (Wildman–Crippen LogP) is 2.18. The molecule has 2 amide bonds. The van der Waals surface area contributed by atoms with Gasteiger partial charge in [0.05, 0.1) is 12.0 Å². The average molecular weight is 276 g/mol. The molecule has 104 valence electrons. The molecule has 0 aliphatic heterocycles. The standard InChI is InChI=1S/C14H13FN2O3/c1-9(16-14(19)12-7-4-8-20-12)13(18)17-11-6-3-2-5-10(11)15/h2-9H,1H3,(H,16,19)(H,17,18). The normalized spacial score (nSPS) is 11.7. The van der Waals surface area contributed by atoms with E-state index in [1.165, 1.54) is 37.5 Å². The van der Waals surface area contributed by atoms with E-state index in [4.69, 9.17) is 4.42 Å². The fourth-order valence-corrected chi connectivity index (χ4v) is 1.54. The molecule has 1 heterocycles. The molecule has 6 heteroatoms. The molecule has 1 aromatic heterocycles. The Morgan fingerprint density at radius 2 is 1.95 bits per heavy atom. The Balaban J connectivity index is 1.96. The highest BCUT2D eigenvalue weighted by Crippen LogP contribution is 2.12. The van der Waals surface area contributed by atoms with E-state index in [9.17, 15) is 14.0 Å². The van der Waals surface area contributed by atoms with Gasteiger partial charge in [0.25, 0.3) is 5.91 Å². The van der Waals surface area contributed by atoms with Crippen molar-refractivity contribution in [1.29, 1.82) is 0 Å². The van der Waals surface area contributed by atoms with E-state index in [2.05, 4.69) is 10.6 Å². The first kappa shape index (κ1) is 13.8. The molecule has 0 radical (unpaired) electrons. The van der Waals surface area contributed by atoms with Crippen LogP contribution in [0.3, 0.4) is 0 Å². The lowest BCUT2D eigenvalue weighted by atomic mass is 10.2. The largest absolute Gasteiger partial charge is 0.459 e. The molecular formula is C14H13FN2O3. The van der Waals surface area contributed by atoms with Crippen molar-refractivity contribution in [2.24, 2.45) is 0 Å².